The van der Waals surface area contributed by atoms with Crippen LogP contribution in [-0.2, 0) is 6.42 Å². The van der Waals surface area contributed by atoms with Crippen LogP contribution in [0, 0.1) is 10.1 Å². The van der Waals surface area contributed by atoms with Crippen LogP contribution in [0.15, 0.2) is 78.9 Å². The maximum absolute atomic E-state index is 13.4. The third-order valence-corrected chi connectivity index (χ3v) is 5.67. The van der Waals surface area contributed by atoms with Crippen molar-refractivity contribution in [2.75, 3.05) is 0 Å². The number of fused-ring (bicyclic) bond motifs is 1. The van der Waals surface area contributed by atoms with Gasteiger partial charge < -0.3 is 0 Å². The molecule has 4 rings (SSSR count). The molecule has 0 aliphatic heterocycles. The van der Waals surface area contributed by atoms with Crippen molar-refractivity contribution in [2.45, 2.75) is 24.8 Å². The number of rotatable bonds is 5. The summed E-state index contributed by atoms with van der Waals surface area (Å²) in [5, 5.41) is 12.5. The van der Waals surface area contributed by atoms with Crippen molar-refractivity contribution in [3.8, 4) is 0 Å². The molecule has 144 valence electrons. The molecule has 0 bridgehead atoms. The fourth-order valence-electron chi connectivity index (χ4n) is 4.19. The van der Waals surface area contributed by atoms with E-state index in [-0.39, 0.29) is 11.1 Å². The summed E-state index contributed by atoms with van der Waals surface area (Å²) in [6, 6.07) is 22.3. The average Bonchev–Trinajstić information content (AvgIpc) is 2.98. The van der Waals surface area contributed by atoms with Crippen LogP contribution in [0.1, 0.15) is 50.2 Å². The van der Waals surface area contributed by atoms with Gasteiger partial charge in [0.15, 0.2) is 0 Å². The first kappa shape index (κ1) is 18.7. The van der Waals surface area contributed by atoms with Crippen molar-refractivity contribution in [3.05, 3.63) is 117 Å². The predicted octanol–water partition coefficient (Wildman–Crippen LogP) is 4.48. The standard InChI is InChI=1S/C24H19NO4/c1-2-16-12-14-18(15-13-16)21(17-8-4-3-5-9-17)24(25(28)29)22(26)19-10-6-7-11-20(19)23(24)27/h3-15,21H,2H2,1H3/t21-/m1/s1. The summed E-state index contributed by atoms with van der Waals surface area (Å²) < 4.78 is 0. The molecule has 0 heterocycles. The summed E-state index contributed by atoms with van der Waals surface area (Å²) in [6.07, 6.45) is 0.819. The van der Waals surface area contributed by atoms with Crippen LogP contribution in [0.25, 0.3) is 0 Å². The Bertz CT molecular complexity index is 1070. The second-order valence-corrected chi connectivity index (χ2v) is 7.17. The van der Waals surface area contributed by atoms with Crippen LogP contribution in [0.5, 0.6) is 0 Å². The van der Waals surface area contributed by atoms with Crippen LogP contribution in [0.4, 0.5) is 0 Å². The highest BCUT2D eigenvalue weighted by molar-refractivity contribution is 6.32. The predicted molar refractivity (Wildman–Crippen MR) is 109 cm³/mol. The molecule has 0 saturated carbocycles. The van der Waals surface area contributed by atoms with Gasteiger partial charge in [-0.25, -0.2) is 0 Å². The van der Waals surface area contributed by atoms with Crippen molar-refractivity contribution in [2.24, 2.45) is 0 Å². The zero-order valence-corrected chi connectivity index (χ0v) is 15.9. The monoisotopic (exact) mass is 385 g/mol. The van der Waals surface area contributed by atoms with Crippen molar-refractivity contribution in [3.63, 3.8) is 0 Å². The van der Waals surface area contributed by atoms with Crippen molar-refractivity contribution in [1.29, 1.82) is 0 Å². The molecule has 0 N–H and O–H groups in total. The summed E-state index contributed by atoms with van der Waals surface area (Å²) in [5.41, 5.74) is 0.00457. The highest BCUT2D eigenvalue weighted by Crippen LogP contribution is 2.45. The van der Waals surface area contributed by atoms with Gasteiger partial charge in [0.1, 0.15) is 0 Å². The number of aryl methyl sites for hydroxylation is 1. The summed E-state index contributed by atoms with van der Waals surface area (Å²) >= 11 is 0. The van der Waals surface area contributed by atoms with Gasteiger partial charge >= 0.3 is 5.54 Å². The Hall–Kier alpha value is -3.60. The third-order valence-electron chi connectivity index (χ3n) is 5.67. The van der Waals surface area contributed by atoms with E-state index in [0.29, 0.717) is 11.1 Å². The van der Waals surface area contributed by atoms with Crippen LogP contribution >= 0.6 is 0 Å². The van der Waals surface area contributed by atoms with Gasteiger partial charge in [-0.05, 0) is 23.1 Å². The van der Waals surface area contributed by atoms with Gasteiger partial charge in [0, 0.05) is 16.1 Å². The number of carbonyl (C=O) groups excluding carboxylic acids is 2. The molecule has 0 radical (unpaired) electrons. The Morgan fingerprint density at radius 3 is 1.76 bits per heavy atom. The van der Waals surface area contributed by atoms with Gasteiger partial charge in [-0.3, -0.25) is 19.7 Å². The lowest BCUT2D eigenvalue weighted by molar-refractivity contribution is -0.532. The molecule has 5 nitrogen and oxygen atoms in total. The van der Waals surface area contributed by atoms with Crippen molar-refractivity contribution in [1.82, 2.24) is 0 Å². The first-order valence-electron chi connectivity index (χ1n) is 9.48. The first-order valence-corrected chi connectivity index (χ1v) is 9.48. The molecule has 0 saturated heterocycles. The minimum atomic E-state index is -2.42. The highest BCUT2D eigenvalue weighted by Gasteiger charge is 2.68. The first-order chi connectivity index (χ1) is 14.0. The fourth-order valence-corrected chi connectivity index (χ4v) is 4.19. The van der Waals surface area contributed by atoms with Gasteiger partial charge in [-0.15, -0.1) is 0 Å². The molecule has 1 aliphatic carbocycles. The summed E-state index contributed by atoms with van der Waals surface area (Å²) in [7, 11) is 0. The van der Waals surface area contributed by atoms with Crippen LogP contribution < -0.4 is 0 Å². The van der Waals surface area contributed by atoms with Gasteiger partial charge in [0.05, 0.1) is 5.92 Å². The number of nitrogens with zero attached hydrogens (tertiary/aromatic N) is 1. The van der Waals surface area contributed by atoms with E-state index in [4.69, 9.17) is 0 Å². The van der Waals surface area contributed by atoms with Gasteiger partial charge in [-0.2, -0.15) is 0 Å². The maximum atomic E-state index is 13.4. The van der Waals surface area contributed by atoms with Crippen molar-refractivity contribution >= 4 is 11.6 Å². The number of hydrogen-bond donors (Lipinski definition) is 0. The normalized spacial score (nSPS) is 15.8. The van der Waals surface area contributed by atoms with Crippen molar-refractivity contribution < 1.29 is 14.5 Å². The molecular weight excluding hydrogens is 366 g/mol. The summed E-state index contributed by atoms with van der Waals surface area (Å²) in [6.45, 7) is 2.02. The zero-order chi connectivity index (χ0) is 20.6. The second kappa shape index (κ2) is 7.09. The molecule has 3 aromatic rings. The topological polar surface area (TPSA) is 77.3 Å². The molecule has 5 heteroatoms. The third kappa shape index (κ3) is 2.70. The zero-order valence-electron chi connectivity index (χ0n) is 15.9. The number of ketones is 2. The molecule has 1 aliphatic rings. The van der Waals surface area contributed by atoms with E-state index in [9.17, 15) is 19.7 Å². The number of hydrogen-bond acceptors (Lipinski definition) is 4. The Kier molecular flexibility index (Phi) is 4.59. The van der Waals surface area contributed by atoms with Crippen LogP contribution in [-0.4, -0.2) is 22.0 Å². The molecule has 0 aromatic heterocycles. The lowest BCUT2D eigenvalue weighted by atomic mass is 9.72. The average molecular weight is 385 g/mol. The molecule has 0 unspecified atom stereocenters. The van der Waals surface area contributed by atoms with E-state index < -0.39 is 27.9 Å². The van der Waals surface area contributed by atoms with Gasteiger partial charge in [-0.1, -0.05) is 85.8 Å². The van der Waals surface area contributed by atoms with E-state index >= 15 is 0 Å². The minimum Gasteiger partial charge on any atom is -0.285 e. The Labute approximate surface area is 168 Å². The summed E-state index contributed by atoms with van der Waals surface area (Å²) in [5.74, 6) is -2.54. The van der Waals surface area contributed by atoms with Gasteiger partial charge in [0.2, 0.25) is 11.6 Å². The lowest BCUT2D eigenvalue weighted by Crippen LogP contribution is -2.54. The Morgan fingerprint density at radius 2 is 1.28 bits per heavy atom. The number of nitro groups is 1. The largest absolute Gasteiger partial charge is 0.355 e. The Morgan fingerprint density at radius 1 is 0.793 bits per heavy atom. The van der Waals surface area contributed by atoms with E-state index in [2.05, 4.69) is 0 Å². The summed E-state index contributed by atoms with van der Waals surface area (Å²) in [4.78, 5) is 38.6. The molecule has 0 amide bonds. The lowest BCUT2D eigenvalue weighted by Gasteiger charge is -2.28. The fraction of sp³-hybridized carbons (Fsp3) is 0.167. The van der Waals surface area contributed by atoms with Crippen LogP contribution in [0.3, 0.4) is 0 Å². The molecular formula is C24H19NO4. The van der Waals surface area contributed by atoms with E-state index in [1.165, 1.54) is 12.1 Å². The second-order valence-electron chi connectivity index (χ2n) is 7.17. The van der Waals surface area contributed by atoms with E-state index in [1.54, 1.807) is 54.6 Å². The highest BCUT2D eigenvalue weighted by atomic mass is 16.6. The number of carbonyl (C=O) groups is 2. The maximum Gasteiger partial charge on any atom is 0.355 e. The van der Waals surface area contributed by atoms with E-state index in [1.807, 2.05) is 19.1 Å². The number of Topliss-reactive ketones (excluding diaryl/α,β-unsaturated/α-hetero) is 2. The molecule has 0 fully saturated rings. The molecule has 3 aromatic carbocycles. The Balaban J connectivity index is 2.01. The van der Waals surface area contributed by atoms with Gasteiger partial charge in [0.25, 0.3) is 0 Å². The minimum absolute atomic E-state index is 0.111. The van der Waals surface area contributed by atoms with E-state index in [0.717, 1.165) is 12.0 Å². The number of benzene rings is 3. The molecule has 1 atom stereocenters. The van der Waals surface area contributed by atoms with Crippen LogP contribution in [0.2, 0.25) is 0 Å². The smallest absolute Gasteiger partial charge is 0.285 e. The molecule has 0 spiro atoms. The quantitative estimate of drug-likeness (QED) is 0.369. The SMILES string of the molecule is CCc1ccc([C@@H](c2ccccc2)C2([N+](=O)[O-])C(=O)c3ccccc3C2=O)cc1. The molecule has 29 heavy (non-hydrogen) atoms.